The molecule has 0 amide bonds. The largest absolute Gasteiger partial charge is 0.294 e. The molecule has 0 saturated heterocycles. The highest BCUT2D eigenvalue weighted by atomic mass is 20.0. The first-order valence-electron chi connectivity index (χ1n) is 4.96. The van der Waals surface area contributed by atoms with Gasteiger partial charge in [0.05, 0.1) is 13.6 Å². The number of hydrogen-bond donors (Lipinski definition) is 0. The van der Waals surface area contributed by atoms with Gasteiger partial charge in [0.1, 0.15) is 0 Å². The van der Waals surface area contributed by atoms with Gasteiger partial charge in [-0.05, 0) is 0 Å². The molecule has 0 fully saturated rings. The Kier molecular flexibility index (Phi) is 11.3. The maximum atomic E-state index is 11.1. The lowest BCUT2D eigenvalue weighted by molar-refractivity contribution is 0.0923. The van der Waals surface area contributed by atoms with E-state index in [0.29, 0.717) is 18.3 Å². The second-order valence-corrected chi connectivity index (χ2v) is 2.57. The Morgan fingerprint density at radius 1 is 0.882 bits per heavy atom. The molecule has 1 aliphatic carbocycles. The lowest BCUT2D eigenvalue weighted by Gasteiger charge is -1.90. The maximum Gasteiger partial charge on any atom is 0.171 e. The number of carbonyl (C=O) groups is 2. The van der Waals surface area contributed by atoms with Gasteiger partial charge in [-0.1, -0.05) is 38.1 Å². The van der Waals surface area contributed by atoms with E-state index in [1.807, 2.05) is 13.8 Å². The summed E-state index contributed by atoms with van der Waals surface area (Å²) in [5.74, 6) is -0.101. The number of Topliss-reactive ketones (excluding diaryl/α,β-unsaturated/α-hetero) is 2. The highest BCUT2D eigenvalue weighted by molar-refractivity contribution is 6.24. The molecule has 0 radical (unpaired) electrons. The summed E-state index contributed by atoms with van der Waals surface area (Å²) in [7, 11) is 0.500. The van der Waals surface area contributed by atoms with Gasteiger partial charge < -0.3 is 0 Å². The van der Waals surface area contributed by atoms with Crippen LogP contribution in [0, 0.1) is 0 Å². The first kappa shape index (κ1) is 17.7. The van der Waals surface area contributed by atoms with Crippen molar-refractivity contribution in [1.82, 2.24) is 0 Å². The zero-order chi connectivity index (χ0) is 13.8. The third-order valence-corrected chi connectivity index (χ3v) is 1.85. The van der Waals surface area contributed by atoms with Gasteiger partial charge in [0.2, 0.25) is 0 Å². The molecule has 1 aromatic rings. The van der Waals surface area contributed by atoms with Crippen molar-refractivity contribution in [3.63, 3.8) is 0 Å². The number of halogens is 3. The lowest BCUT2D eigenvalue weighted by Crippen LogP contribution is -1.90. The van der Waals surface area contributed by atoms with Crippen molar-refractivity contribution < 1.29 is 23.1 Å². The van der Waals surface area contributed by atoms with E-state index in [1.165, 1.54) is 0 Å². The topological polar surface area (TPSA) is 34.1 Å². The SMILES string of the molecule is CC.CF.FF.O=C1CC(=O)c2ccccc21. The third kappa shape index (κ3) is 4.80. The van der Waals surface area contributed by atoms with E-state index >= 15 is 0 Å². The van der Waals surface area contributed by atoms with Gasteiger partial charge in [-0.15, -0.1) is 0 Å². The monoisotopic (exact) mass is 248 g/mol. The second kappa shape index (κ2) is 10.9. The van der Waals surface area contributed by atoms with E-state index < -0.39 is 0 Å². The number of fused-ring (bicyclic) bond motifs is 1. The molecule has 2 nitrogen and oxygen atoms in total. The predicted octanol–water partition coefficient (Wildman–Crippen LogP) is 3.91. The molecule has 0 heterocycles. The van der Waals surface area contributed by atoms with Crippen molar-refractivity contribution in [2.45, 2.75) is 20.3 Å². The van der Waals surface area contributed by atoms with Crippen LogP contribution in [-0.4, -0.2) is 18.7 Å². The van der Waals surface area contributed by atoms with Crippen LogP contribution in [0.3, 0.4) is 0 Å². The third-order valence-electron chi connectivity index (χ3n) is 1.85. The summed E-state index contributed by atoms with van der Waals surface area (Å²) in [5.41, 5.74) is 1.16. The minimum absolute atomic E-state index is 0.0504. The normalized spacial score (nSPS) is 10.9. The van der Waals surface area contributed by atoms with Crippen LogP contribution >= 0.6 is 0 Å². The van der Waals surface area contributed by atoms with E-state index in [-0.39, 0.29) is 18.0 Å². The van der Waals surface area contributed by atoms with Crippen LogP contribution in [0.15, 0.2) is 24.3 Å². The second-order valence-electron chi connectivity index (χ2n) is 2.57. The molecular weight excluding hydrogens is 233 g/mol. The fraction of sp³-hybridized carbons (Fsp3) is 0.333. The van der Waals surface area contributed by atoms with Gasteiger partial charge in [-0.25, -0.2) is 0 Å². The van der Waals surface area contributed by atoms with Crippen LogP contribution < -0.4 is 0 Å². The number of benzene rings is 1. The predicted molar refractivity (Wildman–Crippen MR) is 60.3 cm³/mol. The molecular formula is C12H15F3O2. The maximum absolute atomic E-state index is 11.1. The Balaban J connectivity index is 0. The van der Waals surface area contributed by atoms with Crippen LogP contribution in [-0.2, 0) is 0 Å². The molecule has 5 heteroatoms. The van der Waals surface area contributed by atoms with Crippen LogP contribution in [0.1, 0.15) is 41.0 Å². The molecule has 0 aromatic heterocycles. The molecule has 2 rings (SSSR count). The van der Waals surface area contributed by atoms with Crippen molar-refractivity contribution in [2.24, 2.45) is 0 Å². The summed E-state index contributed by atoms with van der Waals surface area (Å²) < 4.78 is 25.5. The molecule has 0 N–H and O–H groups in total. The number of rotatable bonds is 0. The Morgan fingerprint density at radius 2 is 1.18 bits per heavy atom. The van der Waals surface area contributed by atoms with E-state index in [9.17, 15) is 14.0 Å². The Hall–Kier alpha value is -1.65. The quantitative estimate of drug-likeness (QED) is 0.652. The van der Waals surface area contributed by atoms with E-state index in [0.717, 1.165) is 0 Å². The minimum Gasteiger partial charge on any atom is -0.294 e. The first-order chi connectivity index (χ1) is 8.29. The van der Waals surface area contributed by atoms with E-state index in [4.69, 9.17) is 9.15 Å². The molecule has 0 saturated carbocycles. The van der Waals surface area contributed by atoms with Gasteiger partial charge in [0.25, 0.3) is 0 Å². The van der Waals surface area contributed by atoms with Crippen molar-refractivity contribution in [3.05, 3.63) is 35.4 Å². The number of carbonyl (C=O) groups excluding carboxylic acids is 2. The van der Waals surface area contributed by atoms with Crippen molar-refractivity contribution in [1.29, 1.82) is 0 Å². The Morgan fingerprint density at radius 3 is 1.47 bits per heavy atom. The fourth-order valence-electron chi connectivity index (χ4n) is 1.31. The zero-order valence-electron chi connectivity index (χ0n) is 9.97. The summed E-state index contributed by atoms with van der Waals surface area (Å²) in [6.07, 6.45) is 0.0549. The van der Waals surface area contributed by atoms with Crippen molar-refractivity contribution >= 4 is 11.6 Å². The molecule has 96 valence electrons. The highest BCUT2D eigenvalue weighted by Gasteiger charge is 2.25. The van der Waals surface area contributed by atoms with Crippen LogP contribution in [0.5, 0.6) is 0 Å². The Bertz CT molecular complexity index is 318. The summed E-state index contributed by atoms with van der Waals surface area (Å²) in [5, 5.41) is 0. The van der Waals surface area contributed by atoms with Gasteiger partial charge in [-0.2, -0.15) is 0 Å². The smallest absolute Gasteiger partial charge is 0.171 e. The van der Waals surface area contributed by atoms with Crippen LogP contribution in [0.25, 0.3) is 0 Å². The minimum atomic E-state index is -0.0504. The number of alkyl halides is 1. The standard InChI is InChI=1S/C9H6O2.C2H6.CH3F.F2/c10-8-5-9(11)7-4-2-1-3-6(7)8;3*1-2/h1-4H,5H2;1-2H3;1H3;. The van der Waals surface area contributed by atoms with E-state index in [2.05, 4.69) is 0 Å². The van der Waals surface area contributed by atoms with Gasteiger partial charge in [0.15, 0.2) is 11.6 Å². The van der Waals surface area contributed by atoms with Crippen molar-refractivity contribution in [3.8, 4) is 0 Å². The number of ketones is 2. The van der Waals surface area contributed by atoms with Crippen LogP contribution in [0.2, 0.25) is 0 Å². The molecule has 17 heavy (non-hydrogen) atoms. The summed E-state index contributed by atoms with van der Waals surface area (Å²) in [6.45, 7) is 4.00. The average Bonchev–Trinajstić information content (AvgIpc) is 2.73. The van der Waals surface area contributed by atoms with Crippen molar-refractivity contribution in [2.75, 3.05) is 7.18 Å². The zero-order valence-corrected chi connectivity index (χ0v) is 9.97. The molecule has 1 aromatic carbocycles. The molecule has 0 unspecified atom stereocenters. The lowest BCUT2D eigenvalue weighted by atomic mass is 10.1. The van der Waals surface area contributed by atoms with Crippen LogP contribution in [0.4, 0.5) is 13.5 Å². The fourth-order valence-corrected chi connectivity index (χ4v) is 1.31. The average molecular weight is 248 g/mol. The number of hydrogen-bond acceptors (Lipinski definition) is 2. The molecule has 0 aliphatic heterocycles. The van der Waals surface area contributed by atoms with Gasteiger partial charge in [-0.3, -0.25) is 14.0 Å². The summed E-state index contributed by atoms with van der Waals surface area (Å²) in [4.78, 5) is 22.1. The van der Waals surface area contributed by atoms with Gasteiger partial charge >= 0.3 is 0 Å². The molecule has 0 atom stereocenters. The molecule has 1 aliphatic rings. The van der Waals surface area contributed by atoms with Gasteiger partial charge in [0, 0.05) is 20.3 Å². The first-order valence-corrected chi connectivity index (χ1v) is 4.96. The molecule has 0 bridgehead atoms. The highest BCUT2D eigenvalue weighted by Crippen LogP contribution is 2.20. The summed E-state index contributed by atoms with van der Waals surface area (Å²) in [6, 6.07) is 6.94. The molecule has 0 spiro atoms. The Labute approximate surface area is 98.3 Å². The summed E-state index contributed by atoms with van der Waals surface area (Å²) >= 11 is 0. The van der Waals surface area contributed by atoms with E-state index in [1.54, 1.807) is 24.3 Å².